The minimum atomic E-state index is -0.309. The molecular weight excluding hydrogens is 226 g/mol. The van der Waals surface area contributed by atoms with Crippen molar-refractivity contribution >= 4 is 0 Å². The minimum absolute atomic E-state index is 0.130. The number of hydrogen-bond donors (Lipinski definition) is 2. The van der Waals surface area contributed by atoms with Crippen LogP contribution in [0.3, 0.4) is 0 Å². The standard InChI is InChI=1S/C15H23NO2/c1-11(2)16-15(10-17)8-4-5-12-6-7-13(18-3)9-14(12)15/h6-7,9,11,16-17H,4-5,8,10H2,1-3H3. The molecule has 1 aliphatic carbocycles. The van der Waals surface area contributed by atoms with Gasteiger partial charge in [0.1, 0.15) is 5.75 Å². The molecule has 1 aromatic rings. The van der Waals surface area contributed by atoms with Crippen LogP contribution in [0, 0.1) is 0 Å². The van der Waals surface area contributed by atoms with Crippen molar-refractivity contribution in [3.63, 3.8) is 0 Å². The topological polar surface area (TPSA) is 41.5 Å². The van der Waals surface area contributed by atoms with E-state index in [9.17, 15) is 5.11 Å². The maximum Gasteiger partial charge on any atom is 0.119 e. The van der Waals surface area contributed by atoms with Gasteiger partial charge in [-0.3, -0.25) is 0 Å². The molecule has 0 saturated carbocycles. The number of methoxy groups -OCH3 is 1. The Morgan fingerprint density at radius 1 is 1.44 bits per heavy atom. The zero-order valence-electron chi connectivity index (χ0n) is 11.5. The Kier molecular flexibility index (Phi) is 3.93. The molecule has 1 atom stereocenters. The molecule has 0 spiro atoms. The van der Waals surface area contributed by atoms with Crippen molar-refractivity contribution in [3.8, 4) is 5.75 Å². The van der Waals surface area contributed by atoms with Gasteiger partial charge in [0.2, 0.25) is 0 Å². The molecule has 2 rings (SSSR count). The molecule has 0 bridgehead atoms. The van der Waals surface area contributed by atoms with Gasteiger partial charge >= 0.3 is 0 Å². The van der Waals surface area contributed by atoms with Crippen molar-refractivity contribution < 1.29 is 9.84 Å². The summed E-state index contributed by atoms with van der Waals surface area (Å²) in [5.41, 5.74) is 2.21. The maximum atomic E-state index is 9.90. The maximum absolute atomic E-state index is 9.90. The third-order valence-corrected chi connectivity index (χ3v) is 3.72. The fourth-order valence-electron chi connectivity index (χ4n) is 2.97. The number of fused-ring (bicyclic) bond motifs is 1. The summed E-state index contributed by atoms with van der Waals surface area (Å²) in [4.78, 5) is 0. The lowest BCUT2D eigenvalue weighted by molar-refractivity contribution is 0.132. The Labute approximate surface area is 109 Å². The van der Waals surface area contributed by atoms with Crippen LogP contribution in [0.25, 0.3) is 0 Å². The van der Waals surface area contributed by atoms with Crippen molar-refractivity contribution in [2.45, 2.75) is 44.7 Å². The molecule has 0 aliphatic heterocycles. The smallest absolute Gasteiger partial charge is 0.119 e. The Morgan fingerprint density at radius 2 is 2.22 bits per heavy atom. The highest BCUT2D eigenvalue weighted by atomic mass is 16.5. The van der Waals surface area contributed by atoms with E-state index in [2.05, 4.69) is 31.3 Å². The van der Waals surface area contributed by atoms with Crippen molar-refractivity contribution in [2.75, 3.05) is 13.7 Å². The van der Waals surface area contributed by atoms with Crippen LogP contribution >= 0.6 is 0 Å². The van der Waals surface area contributed by atoms with E-state index < -0.39 is 0 Å². The Bertz CT molecular complexity index is 417. The first kappa shape index (κ1) is 13.4. The van der Waals surface area contributed by atoms with E-state index in [1.54, 1.807) is 7.11 Å². The van der Waals surface area contributed by atoms with Gasteiger partial charge in [-0.2, -0.15) is 0 Å². The predicted octanol–water partition coefficient (Wildman–Crippen LogP) is 2.22. The van der Waals surface area contributed by atoms with E-state index in [1.807, 2.05) is 6.07 Å². The fraction of sp³-hybridized carbons (Fsp3) is 0.600. The van der Waals surface area contributed by atoms with Gasteiger partial charge in [0.15, 0.2) is 0 Å². The number of nitrogens with one attached hydrogen (secondary N) is 1. The molecule has 0 aromatic heterocycles. The molecule has 0 heterocycles. The van der Waals surface area contributed by atoms with E-state index in [-0.39, 0.29) is 12.1 Å². The van der Waals surface area contributed by atoms with E-state index >= 15 is 0 Å². The molecule has 1 unspecified atom stereocenters. The van der Waals surface area contributed by atoms with Crippen LogP contribution in [-0.4, -0.2) is 24.9 Å². The Balaban J connectivity index is 2.46. The first-order valence-corrected chi connectivity index (χ1v) is 6.67. The molecule has 3 nitrogen and oxygen atoms in total. The van der Waals surface area contributed by atoms with Gasteiger partial charge < -0.3 is 15.2 Å². The van der Waals surface area contributed by atoms with Gasteiger partial charge in [0, 0.05) is 6.04 Å². The monoisotopic (exact) mass is 249 g/mol. The van der Waals surface area contributed by atoms with Crippen LogP contribution in [0.2, 0.25) is 0 Å². The molecule has 1 aliphatic rings. The van der Waals surface area contributed by atoms with Gasteiger partial charge in [0.05, 0.1) is 19.3 Å². The average Bonchev–Trinajstić information content (AvgIpc) is 2.38. The lowest BCUT2D eigenvalue weighted by Crippen LogP contribution is -2.50. The second-order valence-electron chi connectivity index (χ2n) is 5.42. The van der Waals surface area contributed by atoms with Crippen LogP contribution in [0.5, 0.6) is 5.75 Å². The normalized spacial score (nSPS) is 22.9. The number of aliphatic hydroxyl groups is 1. The summed E-state index contributed by atoms with van der Waals surface area (Å²) in [6.45, 7) is 4.36. The first-order valence-electron chi connectivity index (χ1n) is 6.67. The molecule has 0 amide bonds. The fourth-order valence-corrected chi connectivity index (χ4v) is 2.97. The van der Waals surface area contributed by atoms with E-state index in [0.717, 1.165) is 25.0 Å². The summed E-state index contributed by atoms with van der Waals surface area (Å²) in [6, 6.07) is 6.54. The second kappa shape index (κ2) is 5.29. The Hall–Kier alpha value is -1.06. The number of benzene rings is 1. The molecule has 0 radical (unpaired) electrons. The zero-order chi connectivity index (χ0) is 13.2. The van der Waals surface area contributed by atoms with Crippen molar-refractivity contribution in [3.05, 3.63) is 29.3 Å². The number of ether oxygens (including phenoxy) is 1. The van der Waals surface area contributed by atoms with E-state index in [1.165, 1.54) is 11.1 Å². The van der Waals surface area contributed by atoms with E-state index in [0.29, 0.717) is 6.04 Å². The summed E-state index contributed by atoms with van der Waals surface area (Å²) in [5, 5.41) is 13.4. The predicted molar refractivity (Wildman–Crippen MR) is 73.0 cm³/mol. The number of aryl methyl sites for hydroxylation is 1. The van der Waals surface area contributed by atoms with Gasteiger partial charge in [-0.05, 0) is 56.4 Å². The molecule has 0 saturated heterocycles. The summed E-state index contributed by atoms with van der Waals surface area (Å²) < 4.78 is 5.31. The number of aliphatic hydroxyl groups excluding tert-OH is 1. The second-order valence-corrected chi connectivity index (χ2v) is 5.42. The quantitative estimate of drug-likeness (QED) is 0.859. The van der Waals surface area contributed by atoms with Gasteiger partial charge in [0.25, 0.3) is 0 Å². The molecule has 0 fully saturated rings. The highest BCUT2D eigenvalue weighted by molar-refractivity contribution is 5.42. The van der Waals surface area contributed by atoms with Gasteiger partial charge in [-0.25, -0.2) is 0 Å². The lowest BCUT2D eigenvalue weighted by atomic mass is 9.76. The Morgan fingerprint density at radius 3 is 2.83 bits per heavy atom. The van der Waals surface area contributed by atoms with Gasteiger partial charge in [-0.1, -0.05) is 6.07 Å². The molecular formula is C15H23NO2. The SMILES string of the molecule is COc1ccc2c(c1)C(CO)(NC(C)C)CCC2. The summed E-state index contributed by atoms with van der Waals surface area (Å²) in [6.07, 6.45) is 3.17. The molecule has 18 heavy (non-hydrogen) atoms. The zero-order valence-corrected chi connectivity index (χ0v) is 11.5. The molecule has 2 N–H and O–H groups in total. The van der Waals surface area contributed by atoms with E-state index in [4.69, 9.17) is 4.74 Å². The van der Waals surface area contributed by atoms with Crippen LogP contribution in [0.4, 0.5) is 0 Å². The number of rotatable bonds is 4. The third kappa shape index (κ3) is 2.38. The summed E-state index contributed by atoms with van der Waals surface area (Å²) in [5.74, 6) is 0.860. The van der Waals surface area contributed by atoms with Crippen LogP contribution in [-0.2, 0) is 12.0 Å². The van der Waals surface area contributed by atoms with Crippen LogP contribution in [0.1, 0.15) is 37.8 Å². The minimum Gasteiger partial charge on any atom is -0.497 e. The van der Waals surface area contributed by atoms with Crippen LogP contribution in [0.15, 0.2) is 18.2 Å². The average molecular weight is 249 g/mol. The third-order valence-electron chi connectivity index (χ3n) is 3.72. The van der Waals surface area contributed by atoms with Crippen molar-refractivity contribution in [2.24, 2.45) is 0 Å². The first-order chi connectivity index (χ1) is 8.61. The summed E-state index contributed by atoms with van der Waals surface area (Å²) in [7, 11) is 1.68. The highest BCUT2D eigenvalue weighted by Crippen LogP contribution is 2.37. The van der Waals surface area contributed by atoms with Crippen molar-refractivity contribution in [1.29, 1.82) is 0 Å². The lowest BCUT2D eigenvalue weighted by Gasteiger charge is -2.40. The molecule has 100 valence electrons. The van der Waals surface area contributed by atoms with Crippen molar-refractivity contribution in [1.82, 2.24) is 5.32 Å². The molecule has 1 aromatic carbocycles. The highest BCUT2D eigenvalue weighted by Gasteiger charge is 2.36. The molecule has 3 heteroatoms. The largest absolute Gasteiger partial charge is 0.497 e. The summed E-state index contributed by atoms with van der Waals surface area (Å²) >= 11 is 0. The number of hydrogen-bond acceptors (Lipinski definition) is 3. The van der Waals surface area contributed by atoms with Gasteiger partial charge in [-0.15, -0.1) is 0 Å². The van der Waals surface area contributed by atoms with Crippen LogP contribution < -0.4 is 10.1 Å².